The van der Waals surface area contributed by atoms with E-state index < -0.39 is 12.0 Å². The molecule has 2 aromatic carbocycles. The van der Waals surface area contributed by atoms with Gasteiger partial charge in [0.05, 0.1) is 10.7 Å². The van der Waals surface area contributed by atoms with E-state index in [2.05, 4.69) is 27.9 Å². The molecule has 1 N–H and O–H groups in total. The Morgan fingerprint density at radius 2 is 1.84 bits per heavy atom. The molecule has 5 nitrogen and oxygen atoms in total. The molecule has 1 atom stereocenters. The molecule has 0 aliphatic carbocycles. The van der Waals surface area contributed by atoms with Gasteiger partial charge in [0, 0.05) is 13.3 Å². The lowest BCUT2D eigenvalue weighted by Gasteiger charge is -2.16. The quantitative estimate of drug-likeness (QED) is 0.517. The molecule has 0 radical (unpaired) electrons. The van der Waals surface area contributed by atoms with E-state index in [4.69, 9.17) is 9.47 Å². The zero-order chi connectivity index (χ0) is 18.2. The molecular formula is C19H20INO4. The largest absolute Gasteiger partial charge is 0.488 e. The predicted molar refractivity (Wildman–Crippen MR) is 103 cm³/mol. The van der Waals surface area contributed by atoms with E-state index in [9.17, 15) is 9.59 Å². The van der Waals surface area contributed by atoms with Crippen molar-refractivity contribution in [1.29, 1.82) is 0 Å². The van der Waals surface area contributed by atoms with Gasteiger partial charge in [-0.3, -0.25) is 4.79 Å². The Balaban J connectivity index is 2.04. The number of hydrogen-bond donors (Lipinski definition) is 1. The van der Waals surface area contributed by atoms with Crippen molar-refractivity contribution in [2.24, 2.45) is 0 Å². The molecule has 25 heavy (non-hydrogen) atoms. The summed E-state index contributed by atoms with van der Waals surface area (Å²) < 4.78 is 11.5. The Labute approximate surface area is 160 Å². The first-order chi connectivity index (χ1) is 12.0. The Morgan fingerprint density at radius 3 is 2.44 bits per heavy atom. The van der Waals surface area contributed by atoms with Gasteiger partial charge >= 0.3 is 5.97 Å². The molecular weight excluding hydrogens is 433 g/mol. The Bertz CT molecular complexity index is 733. The minimum atomic E-state index is -0.700. The fourth-order valence-corrected chi connectivity index (χ4v) is 3.08. The van der Waals surface area contributed by atoms with Gasteiger partial charge in [-0.2, -0.15) is 0 Å². The molecule has 6 heteroatoms. The summed E-state index contributed by atoms with van der Waals surface area (Å²) in [6.07, 6.45) is 0.362. The summed E-state index contributed by atoms with van der Waals surface area (Å²) >= 11 is 2.20. The van der Waals surface area contributed by atoms with Gasteiger partial charge in [0.25, 0.3) is 0 Å². The number of nitrogens with one attached hydrogen (secondary N) is 1. The molecule has 0 aromatic heterocycles. The third-order valence-electron chi connectivity index (χ3n) is 3.54. The molecule has 0 saturated carbocycles. The number of benzene rings is 2. The first-order valence-corrected chi connectivity index (χ1v) is 8.87. The van der Waals surface area contributed by atoms with Crippen LogP contribution in [0.5, 0.6) is 5.75 Å². The monoisotopic (exact) mass is 453 g/mol. The van der Waals surface area contributed by atoms with Gasteiger partial charge in [-0.25, -0.2) is 4.79 Å². The molecule has 0 fully saturated rings. The van der Waals surface area contributed by atoms with Crippen LogP contribution in [0.3, 0.4) is 0 Å². The van der Waals surface area contributed by atoms with Crippen molar-refractivity contribution in [3.8, 4) is 5.75 Å². The number of halogens is 1. The molecule has 0 aliphatic heterocycles. The summed E-state index contributed by atoms with van der Waals surface area (Å²) in [4.78, 5) is 23.1. The minimum absolute atomic E-state index is 0.270. The van der Waals surface area contributed by atoms with Gasteiger partial charge in [0.1, 0.15) is 18.4 Å². The van der Waals surface area contributed by atoms with Crippen LogP contribution in [-0.4, -0.2) is 25.0 Å². The van der Waals surface area contributed by atoms with Crippen LogP contribution in [0.25, 0.3) is 0 Å². The number of methoxy groups -OCH3 is 1. The Morgan fingerprint density at radius 1 is 1.12 bits per heavy atom. The Kier molecular flexibility index (Phi) is 7.24. The van der Waals surface area contributed by atoms with Gasteiger partial charge in [-0.1, -0.05) is 36.4 Å². The highest BCUT2D eigenvalue weighted by Crippen LogP contribution is 2.24. The van der Waals surface area contributed by atoms with Crippen LogP contribution in [0, 0.1) is 3.57 Å². The third kappa shape index (κ3) is 6.04. The summed E-state index contributed by atoms with van der Waals surface area (Å²) in [6, 6.07) is 14.9. The van der Waals surface area contributed by atoms with E-state index in [0.29, 0.717) is 13.0 Å². The summed E-state index contributed by atoms with van der Waals surface area (Å²) in [5.41, 5.74) is 2.01. The summed E-state index contributed by atoms with van der Waals surface area (Å²) in [7, 11) is 1.31. The standard InChI is InChI=1S/C19H20INO4/c1-13(22)21-17(19(23)24-2)11-15-8-9-18(16(20)10-15)25-12-14-6-4-3-5-7-14/h3-10,17H,11-12H2,1-2H3,(H,21,22)/t17-/m0/s1. The fraction of sp³-hybridized carbons (Fsp3) is 0.263. The second-order valence-corrected chi connectivity index (χ2v) is 6.68. The molecule has 2 rings (SSSR count). The first kappa shape index (κ1) is 19.2. The first-order valence-electron chi connectivity index (χ1n) is 7.79. The van der Waals surface area contributed by atoms with Crippen molar-refractivity contribution >= 4 is 34.5 Å². The van der Waals surface area contributed by atoms with E-state index in [1.54, 1.807) is 0 Å². The smallest absolute Gasteiger partial charge is 0.328 e. The lowest BCUT2D eigenvalue weighted by Crippen LogP contribution is -2.42. The van der Waals surface area contributed by atoms with Crippen LogP contribution in [0.2, 0.25) is 0 Å². The topological polar surface area (TPSA) is 64.6 Å². The van der Waals surface area contributed by atoms with Crippen molar-refractivity contribution in [3.63, 3.8) is 0 Å². The number of amides is 1. The molecule has 132 valence electrons. The van der Waals surface area contributed by atoms with Gasteiger partial charge in [-0.05, 0) is 45.9 Å². The second-order valence-electron chi connectivity index (χ2n) is 5.52. The van der Waals surface area contributed by atoms with Crippen molar-refractivity contribution in [2.75, 3.05) is 7.11 Å². The van der Waals surface area contributed by atoms with Crippen molar-refractivity contribution in [1.82, 2.24) is 5.32 Å². The van der Waals surface area contributed by atoms with Crippen molar-refractivity contribution in [2.45, 2.75) is 26.0 Å². The fourth-order valence-electron chi connectivity index (χ4n) is 2.34. The van der Waals surface area contributed by atoms with Gasteiger partial charge in [-0.15, -0.1) is 0 Å². The summed E-state index contributed by atoms with van der Waals surface area (Å²) in [5.74, 6) is 0.0462. The maximum absolute atomic E-state index is 11.8. The summed E-state index contributed by atoms with van der Waals surface area (Å²) in [6.45, 7) is 1.87. The molecule has 0 unspecified atom stereocenters. The number of carbonyl (C=O) groups is 2. The van der Waals surface area contributed by atoms with E-state index in [1.165, 1.54) is 14.0 Å². The number of ether oxygens (including phenoxy) is 2. The predicted octanol–water partition coefficient (Wildman–Crippen LogP) is 3.09. The second kappa shape index (κ2) is 9.41. The van der Waals surface area contributed by atoms with Crippen molar-refractivity contribution < 1.29 is 19.1 Å². The minimum Gasteiger partial charge on any atom is -0.488 e. The molecule has 2 aromatic rings. The van der Waals surface area contributed by atoms with E-state index in [0.717, 1.165) is 20.4 Å². The molecule has 1 amide bonds. The lowest BCUT2D eigenvalue weighted by molar-refractivity contribution is -0.144. The SMILES string of the molecule is COC(=O)[C@H](Cc1ccc(OCc2ccccc2)c(I)c1)NC(C)=O. The third-order valence-corrected chi connectivity index (χ3v) is 4.38. The summed E-state index contributed by atoms with van der Waals surface area (Å²) in [5, 5.41) is 2.61. The van der Waals surface area contributed by atoms with Crippen LogP contribution in [0.4, 0.5) is 0 Å². The maximum atomic E-state index is 11.8. The van der Waals surface area contributed by atoms with Crippen molar-refractivity contribution in [3.05, 3.63) is 63.2 Å². The number of carbonyl (C=O) groups excluding carboxylic acids is 2. The highest BCUT2D eigenvalue weighted by Gasteiger charge is 2.21. The number of hydrogen-bond acceptors (Lipinski definition) is 4. The van der Waals surface area contributed by atoms with Gasteiger partial charge in [0.2, 0.25) is 5.91 Å². The normalized spacial score (nSPS) is 11.5. The zero-order valence-electron chi connectivity index (χ0n) is 14.1. The van der Waals surface area contributed by atoms with Gasteiger partial charge < -0.3 is 14.8 Å². The van der Waals surface area contributed by atoms with Gasteiger partial charge in [0.15, 0.2) is 0 Å². The molecule has 0 bridgehead atoms. The van der Waals surface area contributed by atoms with Crippen LogP contribution >= 0.6 is 22.6 Å². The highest BCUT2D eigenvalue weighted by molar-refractivity contribution is 14.1. The average Bonchev–Trinajstić information content (AvgIpc) is 2.60. The zero-order valence-corrected chi connectivity index (χ0v) is 16.3. The lowest BCUT2D eigenvalue weighted by atomic mass is 10.1. The van der Waals surface area contributed by atoms with Crippen LogP contribution in [0.1, 0.15) is 18.1 Å². The van der Waals surface area contributed by atoms with Crippen LogP contribution < -0.4 is 10.1 Å². The number of esters is 1. The van der Waals surface area contributed by atoms with E-state index >= 15 is 0 Å². The maximum Gasteiger partial charge on any atom is 0.328 e. The molecule has 0 saturated heterocycles. The van der Waals surface area contributed by atoms with E-state index in [1.807, 2.05) is 48.5 Å². The average molecular weight is 453 g/mol. The molecule has 0 aliphatic rings. The number of rotatable bonds is 7. The molecule has 0 heterocycles. The molecule has 0 spiro atoms. The van der Waals surface area contributed by atoms with Crippen LogP contribution in [-0.2, 0) is 27.4 Å². The Hall–Kier alpha value is -2.09. The highest BCUT2D eigenvalue weighted by atomic mass is 127. The van der Waals surface area contributed by atoms with E-state index in [-0.39, 0.29) is 5.91 Å². The van der Waals surface area contributed by atoms with Crippen LogP contribution in [0.15, 0.2) is 48.5 Å².